The topological polar surface area (TPSA) is 46.0 Å². The Morgan fingerprint density at radius 2 is 1.93 bits per heavy atom. The smallest absolute Gasteiger partial charge is 0.336 e. The van der Waals surface area contributed by atoms with Gasteiger partial charge in [0.25, 0.3) is 0 Å². The monoisotopic (exact) mass is 185 g/mol. The van der Waals surface area contributed by atoms with Gasteiger partial charge in [0.1, 0.15) is 6.26 Å². The predicted octanol–water partition coefficient (Wildman–Crippen LogP) is 2.27. The standard InChI is InChI=1S/C11H7NO2/c13-11-5-8-7-3-1-2-4-9(7)12-10(8)6-14-11/h1-6,12H. The summed E-state index contributed by atoms with van der Waals surface area (Å²) < 4.78 is 4.78. The summed E-state index contributed by atoms with van der Waals surface area (Å²) in [6.45, 7) is 0. The second-order valence-electron chi connectivity index (χ2n) is 3.20. The highest BCUT2D eigenvalue weighted by Gasteiger charge is 2.03. The van der Waals surface area contributed by atoms with Crippen LogP contribution >= 0.6 is 0 Å². The van der Waals surface area contributed by atoms with E-state index in [0.29, 0.717) is 0 Å². The predicted molar refractivity (Wildman–Crippen MR) is 54.3 cm³/mol. The molecule has 0 amide bonds. The highest BCUT2D eigenvalue weighted by molar-refractivity contribution is 6.06. The van der Waals surface area contributed by atoms with Gasteiger partial charge >= 0.3 is 5.63 Å². The zero-order valence-corrected chi connectivity index (χ0v) is 7.28. The number of rotatable bonds is 0. The number of para-hydroxylation sites is 1. The molecule has 1 aromatic carbocycles. The number of aromatic amines is 1. The van der Waals surface area contributed by atoms with Gasteiger partial charge in [-0.1, -0.05) is 18.2 Å². The van der Waals surface area contributed by atoms with Crippen molar-refractivity contribution in [3.63, 3.8) is 0 Å². The van der Waals surface area contributed by atoms with Crippen LogP contribution in [0.2, 0.25) is 0 Å². The number of fused-ring (bicyclic) bond motifs is 3. The van der Waals surface area contributed by atoms with Crippen molar-refractivity contribution in [3.05, 3.63) is 47.0 Å². The van der Waals surface area contributed by atoms with E-state index in [1.54, 1.807) is 0 Å². The quantitative estimate of drug-likeness (QED) is 0.584. The molecule has 2 heterocycles. The Labute approximate surface area is 79.0 Å². The minimum Gasteiger partial charge on any atom is -0.429 e. The molecular weight excluding hydrogens is 178 g/mol. The molecular formula is C11H7NO2. The maximum atomic E-state index is 11.0. The molecule has 0 aliphatic rings. The molecule has 0 atom stereocenters. The number of hydrogen-bond donors (Lipinski definition) is 1. The first-order valence-electron chi connectivity index (χ1n) is 4.34. The first kappa shape index (κ1) is 7.38. The number of hydrogen-bond acceptors (Lipinski definition) is 2. The van der Waals surface area contributed by atoms with E-state index in [9.17, 15) is 4.79 Å². The highest BCUT2D eigenvalue weighted by Crippen LogP contribution is 2.22. The fourth-order valence-corrected chi connectivity index (χ4v) is 1.70. The molecule has 68 valence electrons. The van der Waals surface area contributed by atoms with E-state index in [0.717, 1.165) is 21.8 Å². The minimum atomic E-state index is -0.317. The Morgan fingerprint density at radius 3 is 2.86 bits per heavy atom. The van der Waals surface area contributed by atoms with Gasteiger partial charge in [-0.2, -0.15) is 0 Å². The molecule has 0 unspecified atom stereocenters. The van der Waals surface area contributed by atoms with Crippen LogP contribution in [0, 0.1) is 0 Å². The molecule has 3 heteroatoms. The first-order chi connectivity index (χ1) is 6.84. The molecule has 14 heavy (non-hydrogen) atoms. The Kier molecular flexibility index (Phi) is 1.31. The van der Waals surface area contributed by atoms with Crippen molar-refractivity contribution < 1.29 is 4.42 Å². The summed E-state index contributed by atoms with van der Waals surface area (Å²) in [4.78, 5) is 14.2. The Bertz CT molecular complexity index is 663. The minimum absolute atomic E-state index is 0.317. The molecule has 2 aromatic heterocycles. The van der Waals surface area contributed by atoms with Gasteiger partial charge in [-0.3, -0.25) is 0 Å². The SMILES string of the molecule is O=c1cc2c(co1)[nH]c1ccccc12. The van der Waals surface area contributed by atoms with E-state index in [2.05, 4.69) is 4.98 Å². The molecule has 0 aliphatic carbocycles. The zero-order valence-electron chi connectivity index (χ0n) is 7.28. The molecule has 0 fully saturated rings. The average Bonchev–Trinajstić information content (AvgIpc) is 2.56. The number of benzene rings is 1. The molecule has 0 saturated heterocycles. The van der Waals surface area contributed by atoms with Crippen molar-refractivity contribution in [2.75, 3.05) is 0 Å². The summed E-state index contributed by atoms with van der Waals surface area (Å²) in [5.74, 6) is 0. The first-order valence-corrected chi connectivity index (χ1v) is 4.34. The van der Waals surface area contributed by atoms with Crippen LogP contribution in [-0.4, -0.2) is 4.98 Å². The van der Waals surface area contributed by atoms with Crippen LogP contribution in [0.25, 0.3) is 21.8 Å². The largest absolute Gasteiger partial charge is 0.429 e. The van der Waals surface area contributed by atoms with Crippen molar-refractivity contribution >= 4 is 21.8 Å². The molecule has 0 aliphatic heterocycles. The van der Waals surface area contributed by atoms with Crippen molar-refractivity contribution in [1.82, 2.24) is 4.98 Å². The van der Waals surface area contributed by atoms with Gasteiger partial charge in [0.2, 0.25) is 0 Å². The van der Waals surface area contributed by atoms with Crippen molar-refractivity contribution in [2.45, 2.75) is 0 Å². The van der Waals surface area contributed by atoms with E-state index in [-0.39, 0.29) is 5.63 Å². The van der Waals surface area contributed by atoms with Gasteiger partial charge in [-0.25, -0.2) is 4.79 Å². The van der Waals surface area contributed by atoms with Crippen LogP contribution in [0.3, 0.4) is 0 Å². The van der Waals surface area contributed by atoms with E-state index in [1.807, 2.05) is 24.3 Å². The van der Waals surface area contributed by atoms with Crippen LogP contribution in [-0.2, 0) is 0 Å². The molecule has 0 spiro atoms. The van der Waals surface area contributed by atoms with E-state index >= 15 is 0 Å². The second kappa shape index (κ2) is 2.48. The lowest BCUT2D eigenvalue weighted by Gasteiger charge is -1.87. The molecule has 0 bridgehead atoms. The van der Waals surface area contributed by atoms with Gasteiger partial charge in [-0.15, -0.1) is 0 Å². The summed E-state index contributed by atoms with van der Waals surface area (Å²) in [7, 11) is 0. The van der Waals surface area contributed by atoms with Crippen molar-refractivity contribution in [1.29, 1.82) is 0 Å². The highest BCUT2D eigenvalue weighted by atomic mass is 16.4. The van der Waals surface area contributed by atoms with Gasteiger partial charge in [-0.05, 0) is 6.07 Å². The zero-order chi connectivity index (χ0) is 9.54. The lowest BCUT2D eigenvalue weighted by molar-refractivity contribution is 0.517. The van der Waals surface area contributed by atoms with Gasteiger partial charge in [0.15, 0.2) is 0 Å². The van der Waals surface area contributed by atoms with Gasteiger partial charge in [0, 0.05) is 22.4 Å². The van der Waals surface area contributed by atoms with Crippen LogP contribution in [0.1, 0.15) is 0 Å². The van der Waals surface area contributed by atoms with Crippen LogP contribution < -0.4 is 5.63 Å². The summed E-state index contributed by atoms with van der Waals surface area (Å²) in [6.07, 6.45) is 1.46. The maximum absolute atomic E-state index is 11.0. The van der Waals surface area contributed by atoms with E-state index < -0.39 is 0 Å². The number of aromatic nitrogens is 1. The Hall–Kier alpha value is -2.03. The van der Waals surface area contributed by atoms with E-state index in [1.165, 1.54) is 12.3 Å². The number of nitrogens with one attached hydrogen (secondary N) is 1. The Morgan fingerprint density at radius 1 is 1.07 bits per heavy atom. The maximum Gasteiger partial charge on any atom is 0.336 e. The summed E-state index contributed by atoms with van der Waals surface area (Å²) in [5.41, 5.74) is 1.55. The molecule has 3 nitrogen and oxygen atoms in total. The molecule has 3 rings (SSSR count). The molecule has 1 N–H and O–H groups in total. The van der Waals surface area contributed by atoms with Crippen molar-refractivity contribution in [2.24, 2.45) is 0 Å². The summed E-state index contributed by atoms with van der Waals surface area (Å²) in [6, 6.07) is 9.36. The molecule has 3 aromatic rings. The van der Waals surface area contributed by atoms with Gasteiger partial charge in [0.05, 0.1) is 5.52 Å². The van der Waals surface area contributed by atoms with Crippen LogP contribution in [0.15, 0.2) is 45.8 Å². The Balaban J connectivity index is 2.65. The normalized spacial score (nSPS) is 11.1. The summed E-state index contributed by atoms with van der Waals surface area (Å²) >= 11 is 0. The lowest BCUT2D eigenvalue weighted by Crippen LogP contribution is -1.92. The fourth-order valence-electron chi connectivity index (χ4n) is 1.70. The van der Waals surface area contributed by atoms with Gasteiger partial charge < -0.3 is 9.40 Å². The molecule has 0 radical (unpaired) electrons. The third-order valence-corrected chi connectivity index (χ3v) is 2.33. The van der Waals surface area contributed by atoms with Crippen LogP contribution in [0.5, 0.6) is 0 Å². The third-order valence-electron chi connectivity index (χ3n) is 2.33. The van der Waals surface area contributed by atoms with Crippen LogP contribution in [0.4, 0.5) is 0 Å². The lowest BCUT2D eigenvalue weighted by atomic mass is 10.2. The van der Waals surface area contributed by atoms with E-state index in [4.69, 9.17) is 4.42 Å². The number of H-pyrrole nitrogens is 1. The summed E-state index contributed by atoms with van der Waals surface area (Å²) in [5, 5.41) is 1.97. The second-order valence-corrected chi connectivity index (χ2v) is 3.20. The van der Waals surface area contributed by atoms with Crippen molar-refractivity contribution in [3.8, 4) is 0 Å². The average molecular weight is 185 g/mol. The fraction of sp³-hybridized carbons (Fsp3) is 0. The third kappa shape index (κ3) is 0.893. The molecule has 0 saturated carbocycles.